The number of aromatic amines is 1. The molecule has 0 atom stereocenters. The van der Waals surface area contributed by atoms with Gasteiger partial charge in [0.25, 0.3) is 5.56 Å². The summed E-state index contributed by atoms with van der Waals surface area (Å²) in [6, 6.07) is 7.40. The summed E-state index contributed by atoms with van der Waals surface area (Å²) in [6.45, 7) is 2.27. The largest absolute Gasteiger partial charge is 0.494 e. The summed E-state index contributed by atoms with van der Waals surface area (Å²) in [6.07, 6.45) is 1.45. The van der Waals surface area contributed by atoms with Crippen molar-refractivity contribution in [2.45, 2.75) is 13.5 Å². The third kappa shape index (κ3) is 2.31. The van der Waals surface area contributed by atoms with Crippen molar-refractivity contribution in [3.63, 3.8) is 0 Å². The number of hydrogen-bond donors (Lipinski definition) is 2. The van der Waals surface area contributed by atoms with Crippen molar-refractivity contribution in [3.8, 4) is 5.88 Å². The average molecular weight is 300 g/mol. The molecular weight excluding hydrogens is 288 g/mol. The summed E-state index contributed by atoms with van der Waals surface area (Å²) in [5.74, 6) is 0.192. The first-order valence-electron chi connectivity index (χ1n) is 6.40. The minimum absolute atomic E-state index is 0.0979. The number of H-pyrrole nitrogens is 1. The molecule has 2 heterocycles. The molecule has 0 fully saturated rings. The fraction of sp³-hybridized carbons (Fsp3) is 0.143. The van der Waals surface area contributed by atoms with Crippen LogP contribution in [0.5, 0.6) is 5.88 Å². The van der Waals surface area contributed by atoms with Crippen molar-refractivity contribution in [2.75, 3.05) is 0 Å². The van der Waals surface area contributed by atoms with Gasteiger partial charge in [0.1, 0.15) is 5.56 Å². The van der Waals surface area contributed by atoms with Crippen LogP contribution in [-0.4, -0.2) is 14.7 Å². The highest BCUT2D eigenvalue weighted by molar-refractivity contribution is 7.71. The molecule has 1 aromatic carbocycles. The number of benzene rings is 1. The molecule has 21 heavy (non-hydrogen) atoms. The van der Waals surface area contributed by atoms with Gasteiger partial charge in [-0.15, -0.1) is 0 Å². The molecule has 7 heteroatoms. The van der Waals surface area contributed by atoms with Gasteiger partial charge in [0.15, 0.2) is 10.6 Å². The van der Waals surface area contributed by atoms with Crippen LogP contribution in [0, 0.1) is 4.77 Å². The van der Waals surface area contributed by atoms with E-state index >= 15 is 0 Å². The Balaban J connectivity index is 2.20. The molecule has 0 unspecified atom stereocenters. The second-order valence-electron chi connectivity index (χ2n) is 4.46. The van der Waals surface area contributed by atoms with Gasteiger partial charge in [-0.25, -0.2) is 9.98 Å². The highest BCUT2D eigenvalue weighted by Crippen LogP contribution is 2.17. The molecular formula is C14H12N4O2S. The highest BCUT2D eigenvalue weighted by Gasteiger charge is 2.11. The zero-order chi connectivity index (χ0) is 15.0. The van der Waals surface area contributed by atoms with E-state index in [9.17, 15) is 9.90 Å². The molecule has 2 N–H and O–H groups in total. The maximum Gasteiger partial charge on any atom is 0.262 e. The predicted octanol–water partition coefficient (Wildman–Crippen LogP) is 0.883. The Morgan fingerprint density at radius 3 is 2.52 bits per heavy atom. The van der Waals surface area contributed by atoms with Gasteiger partial charge >= 0.3 is 0 Å². The number of fused-ring (bicyclic) bond motifs is 1. The first-order chi connectivity index (χ1) is 10.1. The topological polar surface area (TPSA) is 82.7 Å². The van der Waals surface area contributed by atoms with E-state index in [-0.39, 0.29) is 16.2 Å². The van der Waals surface area contributed by atoms with Gasteiger partial charge in [-0.2, -0.15) is 0 Å². The Labute approximate surface area is 124 Å². The van der Waals surface area contributed by atoms with Gasteiger partial charge in [-0.1, -0.05) is 12.1 Å². The van der Waals surface area contributed by atoms with E-state index in [2.05, 4.69) is 15.0 Å². The van der Waals surface area contributed by atoms with Crippen molar-refractivity contribution in [1.29, 1.82) is 0 Å². The maximum atomic E-state index is 12.0. The number of nitrogens with one attached hydrogen (secondary N) is 1. The van der Waals surface area contributed by atoms with E-state index in [0.717, 1.165) is 10.7 Å². The molecule has 0 aliphatic carbocycles. The predicted molar refractivity (Wildman–Crippen MR) is 80.0 cm³/mol. The Hall–Kier alpha value is -2.54. The lowest BCUT2D eigenvalue weighted by Crippen LogP contribution is -2.19. The lowest BCUT2D eigenvalue weighted by atomic mass is 10.3. The van der Waals surface area contributed by atoms with Gasteiger partial charge in [0.2, 0.25) is 5.88 Å². The molecule has 0 amide bonds. The van der Waals surface area contributed by atoms with Gasteiger partial charge in [0, 0.05) is 12.6 Å². The van der Waals surface area contributed by atoms with E-state index in [1.807, 2.05) is 31.2 Å². The van der Waals surface area contributed by atoms with Crippen LogP contribution in [0.3, 0.4) is 0 Å². The molecule has 1 aromatic heterocycles. The van der Waals surface area contributed by atoms with Crippen LogP contribution in [0.15, 0.2) is 44.9 Å². The lowest BCUT2D eigenvalue weighted by Gasteiger charge is -2.08. The Morgan fingerprint density at radius 1 is 1.33 bits per heavy atom. The van der Waals surface area contributed by atoms with E-state index in [1.54, 1.807) is 0 Å². The number of rotatable bonds is 2. The van der Waals surface area contributed by atoms with Crippen LogP contribution in [0.1, 0.15) is 12.5 Å². The number of hydrogen-bond acceptors (Lipinski definition) is 5. The molecule has 6 nitrogen and oxygen atoms in total. The van der Waals surface area contributed by atoms with Gasteiger partial charge in [-0.05, 0) is 31.3 Å². The molecule has 0 spiro atoms. The molecule has 3 rings (SSSR count). The summed E-state index contributed by atoms with van der Waals surface area (Å²) in [7, 11) is 0. The number of aromatic hydroxyl groups is 1. The monoisotopic (exact) mass is 300 g/mol. The summed E-state index contributed by atoms with van der Waals surface area (Å²) in [4.78, 5) is 23.1. The molecule has 1 aliphatic heterocycles. The third-order valence-electron chi connectivity index (χ3n) is 3.15. The Kier molecular flexibility index (Phi) is 3.26. The fourth-order valence-corrected chi connectivity index (χ4v) is 2.43. The molecule has 2 aromatic rings. The van der Waals surface area contributed by atoms with Crippen molar-refractivity contribution < 1.29 is 5.11 Å². The van der Waals surface area contributed by atoms with Crippen molar-refractivity contribution in [3.05, 3.63) is 61.5 Å². The van der Waals surface area contributed by atoms with Crippen LogP contribution >= 0.6 is 12.2 Å². The summed E-state index contributed by atoms with van der Waals surface area (Å²) < 4.78 is 1.62. The van der Waals surface area contributed by atoms with E-state index < -0.39 is 5.56 Å². The number of nitrogens with zero attached hydrogens (tertiary/aromatic N) is 3. The smallest absolute Gasteiger partial charge is 0.262 e. The average Bonchev–Trinajstić information content (AvgIpc) is 2.86. The van der Waals surface area contributed by atoms with Crippen molar-refractivity contribution in [1.82, 2.24) is 9.55 Å². The summed E-state index contributed by atoms with van der Waals surface area (Å²) in [5, 5.41) is 11.7. The van der Waals surface area contributed by atoms with Crippen molar-refractivity contribution >= 4 is 18.3 Å². The molecule has 0 radical (unpaired) electrons. The van der Waals surface area contributed by atoms with E-state index in [0.29, 0.717) is 12.4 Å². The van der Waals surface area contributed by atoms with E-state index in [1.165, 1.54) is 10.6 Å². The minimum Gasteiger partial charge on any atom is -0.494 e. The van der Waals surface area contributed by atoms with Crippen LogP contribution in [0.4, 0.5) is 0 Å². The first kappa shape index (κ1) is 13.4. The normalized spacial score (nSPS) is 12.5. The Bertz CT molecular complexity index is 948. The quantitative estimate of drug-likeness (QED) is 0.808. The van der Waals surface area contributed by atoms with Gasteiger partial charge < -0.3 is 5.11 Å². The lowest BCUT2D eigenvalue weighted by molar-refractivity contribution is 0.407. The molecule has 0 saturated heterocycles. The minimum atomic E-state index is -0.462. The first-order valence-corrected chi connectivity index (χ1v) is 6.81. The Morgan fingerprint density at radius 2 is 1.95 bits per heavy atom. The number of para-hydroxylation sites is 2. The molecule has 1 aliphatic rings. The number of aromatic nitrogens is 2. The molecule has 106 valence electrons. The zero-order valence-electron chi connectivity index (χ0n) is 11.2. The van der Waals surface area contributed by atoms with Gasteiger partial charge in [-0.3, -0.25) is 14.3 Å². The highest BCUT2D eigenvalue weighted by atomic mass is 32.1. The molecule has 0 saturated carbocycles. The van der Waals surface area contributed by atoms with E-state index in [4.69, 9.17) is 12.2 Å². The second-order valence-corrected chi connectivity index (χ2v) is 4.84. The van der Waals surface area contributed by atoms with Crippen molar-refractivity contribution in [2.24, 2.45) is 9.98 Å². The van der Waals surface area contributed by atoms with Crippen LogP contribution in [0.25, 0.3) is 6.08 Å². The van der Waals surface area contributed by atoms with Gasteiger partial charge in [0.05, 0.1) is 10.7 Å². The summed E-state index contributed by atoms with van der Waals surface area (Å²) in [5.41, 5.74) is -0.364. The zero-order valence-corrected chi connectivity index (χ0v) is 12.0. The maximum absolute atomic E-state index is 12.0. The third-order valence-corrected chi connectivity index (χ3v) is 3.47. The second kappa shape index (κ2) is 5.10. The van der Waals surface area contributed by atoms with Crippen LogP contribution in [0.2, 0.25) is 0 Å². The summed E-state index contributed by atoms with van der Waals surface area (Å²) >= 11 is 5.01. The SMILES string of the molecule is CCn1c(O)c(C=C2N=c3ccccc3=N2)c(=O)[nH]c1=S. The standard InChI is InChI=1S/C14H12N4O2S/c1-2-18-13(20)8(12(19)17-14(18)21)7-11-15-9-5-3-4-6-10(9)16-11/h3-7,20H,2H2,1H3,(H,17,19,21). The molecule has 0 bridgehead atoms. The van der Waals surface area contributed by atoms with Crippen LogP contribution in [-0.2, 0) is 6.54 Å². The fourth-order valence-electron chi connectivity index (χ4n) is 2.12. The van der Waals surface area contributed by atoms with Crippen LogP contribution < -0.4 is 16.3 Å².